The highest BCUT2D eigenvalue weighted by Gasteiger charge is 2.20. The maximum atomic E-state index is 13.5. The van der Waals surface area contributed by atoms with Crippen molar-refractivity contribution >= 4 is 11.6 Å². The number of halogens is 5. The minimum absolute atomic E-state index is 0.203. The lowest BCUT2D eigenvalue weighted by Crippen LogP contribution is -2.05. The maximum absolute atomic E-state index is 13.5. The lowest BCUT2D eigenvalue weighted by Gasteiger charge is -2.14. The van der Waals surface area contributed by atoms with Crippen molar-refractivity contribution in [2.45, 2.75) is 6.10 Å². The molecule has 0 fully saturated rings. The van der Waals surface area contributed by atoms with Gasteiger partial charge >= 0.3 is 0 Å². The van der Waals surface area contributed by atoms with Gasteiger partial charge in [0.15, 0.2) is 11.6 Å². The van der Waals surface area contributed by atoms with Crippen molar-refractivity contribution in [1.29, 1.82) is 0 Å². The summed E-state index contributed by atoms with van der Waals surface area (Å²) in [6.45, 7) is 0. The minimum Gasteiger partial charge on any atom is -0.383 e. The Hall–Kier alpha value is -1.59. The number of aliphatic hydroxyl groups excluding tert-OH is 1. The van der Waals surface area contributed by atoms with Gasteiger partial charge in [-0.15, -0.1) is 0 Å². The maximum Gasteiger partial charge on any atom is 0.160 e. The van der Waals surface area contributed by atoms with Crippen LogP contribution in [-0.2, 0) is 0 Å². The van der Waals surface area contributed by atoms with Crippen LogP contribution in [0.4, 0.5) is 17.6 Å². The van der Waals surface area contributed by atoms with Crippen LogP contribution in [-0.4, -0.2) is 5.11 Å². The standard InChI is InChI=1S/C13H7ClF4O/c14-9-5-12(18)11(17)4-8(9)13(19)7-2-1-6(15)3-10(7)16/h1-5,13,19H. The zero-order valence-electron chi connectivity index (χ0n) is 9.30. The average molecular weight is 291 g/mol. The van der Waals surface area contributed by atoms with E-state index < -0.39 is 29.4 Å². The van der Waals surface area contributed by atoms with E-state index in [1.54, 1.807) is 0 Å². The minimum atomic E-state index is -1.62. The van der Waals surface area contributed by atoms with Gasteiger partial charge in [-0.1, -0.05) is 17.7 Å². The molecule has 100 valence electrons. The highest BCUT2D eigenvalue weighted by atomic mass is 35.5. The Morgan fingerprint density at radius 2 is 1.47 bits per heavy atom. The molecule has 0 heterocycles. The largest absolute Gasteiger partial charge is 0.383 e. The predicted octanol–water partition coefficient (Wildman–Crippen LogP) is 3.98. The van der Waals surface area contributed by atoms with Crippen LogP contribution in [0.15, 0.2) is 30.3 Å². The van der Waals surface area contributed by atoms with E-state index in [2.05, 4.69) is 0 Å². The fourth-order valence-electron chi connectivity index (χ4n) is 1.64. The van der Waals surface area contributed by atoms with Crippen LogP contribution in [0.25, 0.3) is 0 Å². The van der Waals surface area contributed by atoms with E-state index in [1.165, 1.54) is 0 Å². The van der Waals surface area contributed by atoms with Crippen molar-refractivity contribution in [3.05, 3.63) is 69.8 Å². The zero-order chi connectivity index (χ0) is 14.2. The highest BCUT2D eigenvalue weighted by Crippen LogP contribution is 2.31. The Labute approximate surface area is 111 Å². The molecule has 0 aliphatic carbocycles. The molecule has 0 aliphatic rings. The number of benzene rings is 2. The number of rotatable bonds is 2. The van der Waals surface area contributed by atoms with Gasteiger partial charge in [-0.25, -0.2) is 17.6 Å². The first-order valence-electron chi connectivity index (χ1n) is 5.17. The Kier molecular flexibility index (Phi) is 3.78. The van der Waals surface area contributed by atoms with E-state index >= 15 is 0 Å². The normalized spacial score (nSPS) is 12.5. The van der Waals surface area contributed by atoms with Gasteiger partial charge in [-0.05, 0) is 18.2 Å². The van der Waals surface area contributed by atoms with E-state index in [0.717, 1.165) is 12.1 Å². The summed E-state index contributed by atoms with van der Waals surface area (Å²) in [5, 5.41) is 9.67. The third kappa shape index (κ3) is 2.72. The Morgan fingerprint density at radius 1 is 0.842 bits per heavy atom. The third-order valence-electron chi connectivity index (χ3n) is 2.59. The molecule has 0 radical (unpaired) electrons. The third-order valence-corrected chi connectivity index (χ3v) is 2.92. The zero-order valence-corrected chi connectivity index (χ0v) is 10.1. The van der Waals surface area contributed by atoms with Crippen LogP contribution in [0.5, 0.6) is 0 Å². The van der Waals surface area contributed by atoms with Gasteiger partial charge in [-0.2, -0.15) is 0 Å². The molecule has 0 aliphatic heterocycles. The summed E-state index contributed by atoms with van der Waals surface area (Å²) in [7, 11) is 0. The Morgan fingerprint density at radius 3 is 2.11 bits per heavy atom. The molecule has 0 saturated carbocycles. The summed E-state index contributed by atoms with van der Waals surface area (Å²) in [5.74, 6) is -4.22. The molecule has 0 aromatic heterocycles. The van der Waals surface area contributed by atoms with Crippen molar-refractivity contribution in [3.8, 4) is 0 Å². The second-order valence-electron chi connectivity index (χ2n) is 3.86. The highest BCUT2D eigenvalue weighted by molar-refractivity contribution is 6.31. The van der Waals surface area contributed by atoms with E-state index in [-0.39, 0.29) is 16.1 Å². The molecule has 2 aromatic rings. The van der Waals surface area contributed by atoms with Gasteiger partial charge in [-0.3, -0.25) is 0 Å². The van der Waals surface area contributed by atoms with E-state index in [4.69, 9.17) is 11.6 Å². The monoisotopic (exact) mass is 290 g/mol. The molecule has 0 spiro atoms. The SMILES string of the molecule is OC(c1ccc(F)cc1F)c1cc(F)c(F)cc1Cl. The predicted molar refractivity (Wildman–Crippen MR) is 61.8 cm³/mol. The molecule has 0 saturated heterocycles. The molecule has 1 atom stereocenters. The van der Waals surface area contributed by atoms with E-state index in [0.29, 0.717) is 18.2 Å². The molecule has 1 nitrogen and oxygen atoms in total. The van der Waals surface area contributed by atoms with Crippen LogP contribution in [0, 0.1) is 23.3 Å². The first-order valence-corrected chi connectivity index (χ1v) is 5.55. The van der Waals surface area contributed by atoms with Crippen LogP contribution in [0.1, 0.15) is 17.2 Å². The number of aliphatic hydroxyl groups is 1. The average Bonchev–Trinajstić information content (AvgIpc) is 2.33. The fraction of sp³-hybridized carbons (Fsp3) is 0.0769. The molecule has 19 heavy (non-hydrogen) atoms. The smallest absolute Gasteiger partial charge is 0.160 e. The van der Waals surface area contributed by atoms with Gasteiger partial charge < -0.3 is 5.11 Å². The van der Waals surface area contributed by atoms with Crippen molar-refractivity contribution < 1.29 is 22.7 Å². The molecule has 2 aromatic carbocycles. The summed E-state index contributed by atoms with van der Waals surface area (Å²) in [5.41, 5.74) is -0.486. The molecular weight excluding hydrogens is 284 g/mol. The lowest BCUT2D eigenvalue weighted by molar-refractivity contribution is 0.214. The molecule has 1 unspecified atom stereocenters. The van der Waals surface area contributed by atoms with Crippen LogP contribution in [0.3, 0.4) is 0 Å². The lowest BCUT2D eigenvalue weighted by atomic mass is 10.0. The quantitative estimate of drug-likeness (QED) is 0.655. The number of hydrogen-bond donors (Lipinski definition) is 1. The van der Waals surface area contributed by atoms with Crippen molar-refractivity contribution in [1.82, 2.24) is 0 Å². The summed E-state index contributed by atoms with van der Waals surface area (Å²) >= 11 is 5.67. The number of hydrogen-bond acceptors (Lipinski definition) is 1. The molecular formula is C13H7ClF4O. The summed E-state index contributed by atoms with van der Waals surface area (Å²) in [6, 6.07) is 3.87. The van der Waals surface area contributed by atoms with E-state index in [1.807, 2.05) is 0 Å². The van der Waals surface area contributed by atoms with Gasteiger partial charge in [0.1, 0.15) is 17.7 Å². The van der Waals surface area contributed by atoms with Crippen molar-refractivity contribution in [3.63, 3.8) is 0 Å². The van der Waals surface area contributed by atoms with Gasteiger partial charge in [0, 0.05) is 22.2 Å². The Bertz CT molecular complexity index is 630. The van der Waals surface area contributed by atoms with E-state index in [9.17, 15) is 22.7 Å². The van der Waals surface area contributed by atoms with Crippen molar-refractivity contribution in [2.75, 3.05) is 0 Å². The molecule has 1 N–H and O–H groups in total. The van der Waals surface area contributed by atoms with Crippen LogP contribution in [0.2, 0.25) is 5.02 Å². The second-order valence-corrected chi connectivity index (χ2v) is 4.26. The summed E-state index contributed by atoms with van der Waals surface area (Å²) in [6.07, 6.45) is -1.62. The van der Waals surface area contributed by atoms with Crippen molar-refractivity contribution in [2.24, 2.45) is 0 Å². The topological polar surface area (TPSA) is 20.2 Å². The van der Waals surface area contributed by atoms with Gasteiger partial charge in [0.05, 0.1) is 0 Å². The first kappa shape index (κ1) is 13.8. The Balaban J connectivity index is 2.49. The summed E-state index contributed by atoms with van der Waals surface area (Å²) in [4.78, 5) is 0. The van der Waals surface area contributed by atoms with Crippen LogP contribution < -0.4 is 0 Å². The second kappa shape index (κ2) is 5.19. The van der Waals surface area contributed by atoms with Gasteiger partial charge in [0.25, 0.3) is 0 Å². The van der Waals surface area contributed by atoms with Crippen LogP contribution >= 0.6 is 11.6 Å². The molecule has 0 bridgehead atoms. The molecule has 0 amide bonds. The molecule has 2 rings (SSSR count). The molecule has 6 heteroatoms. The first-order chi connectivity index (χ1) is 8.90. The fourth-order valence-corrected chi connectivity index (χ4v) is 1.89. The summed E-state index contributed by atoms with van der Waals surface area (Å²) < 4.78 is 52.2. The van der Waals surface area contributed by atoms with Gasteiger partial charge in [0.2, 0.25) is 0 Å².